The maximum Gasteiger partial charge on any atom is 0.277 e. The number of nitrogens with one attached hydrogen (secondary N) is 2. The second-order valence-corrected chi connectivity index (χ2v) is 7.60. The molecule has 0 saturated carbocycles. The minimum absolute atomic E-state index is 0.244. The van der Waals surface area contributed by atoms with Crippen LogP contribution in [0.2, 0.25) is 0 Å². The van der Waals surface area contributed by atoms with Gasteiger partial charge in [0, 0.05) is 23.6 Å². The van der Waals surface area contributed by atoms with Crippen LogP contribution in [-0.2, 0) is 13.0 Å². The van der Waals surface area contributed by atoms with Crippen molar-refractivity contribution in [3.8, 4) is 11.1 Å². The van der Waals surface area contributed by atoms with Gasteiger partial charge in [0.15, 0.2) is 5.69 Å². The summed E-state index contributed by atoms with van der Waals surface area (Å²) in [5.74, 6) is -0.347. The fourth-order valence-electron chi connectivity index (χ4n) is 3.75. The molecule has 0 bridgehead atoms. The van der Waals surface area contributed by atoms with Gasteiger partial charge in [-0.3, -0.25) is 9.48 Å². The van der Waals surface area contributed by atoms with Gasteiger partial charge in [0.05, 0.1) is 17.6 Å². The third-order valence-corrected chi connectivity index (χ3v) is 5.47. The molecule has 32 heavy (non-hydrogen) atoms. The number of hydrogen-bond acceptors (Lipinski definition) is 4. The molecule has 0 atom stereocenters. The Morgan fingerprint density at radius 1 is 1.00 bits per heavy atom. The van der Waals surface area contributed by atoms with E-state index in [2.05, 4.69) is 32.7 Å². The van der Waals surface area contributed by atoms with Crippen LogP contribution in [0.15, 0.2) is 85.2 Å². The molecule has 2 aromatic heterocycles. The van der Waals surface area contributed by atoms with Crippen molar-refractivity contribution in [1.29, 1.82) is 0 Å². The standard InChI is InChI=1S/C25H22N6O/c26-21-11-10-18(17-6-2-1-3-7-17)14-23(21)28-25(32)24-16-31(30-29-24)13-12-19-15-27-22-9-5-4-8-20(19)22/h1-11,14-16,27H,12-13,26H2,(H,28,32). The molecule has 7 heteroatoms. The fourth-order valence-corrected chi connectivity index (χ4v) is 3.75. The van der Waals surface area contributed by atoms with E-state index in [1.54, 1.807) is 16.9 Å². The van der Waals surface area contributed by atoms with Crippen molar-refractivity contribution in [1.82, 2.24) is 20.0 Å². The van der Waals surface area contributed by atoms with Gasteiger partial charge in [-0.15, -0.1) is 5.10 Å². The summed E-state index contributed by atoms with van der Waals surface area (Å²) in [5.41, 5.74) is 11.7. The van der Waals surface area contributed by atoms with E-state index in [4.69, 9.17) is 5.73 Å². The van der Waals surface area contributed by atoms with Crippen LogP contribution in [0.25, 0.3) is 22.0 Å². The van der Waals surface area contributed by atoms with Gasteiger partial charge in [-0.2, -0.15) is 0 Å². The van der Waals surface area contributed by atoms with E-state index in [1.165, 1.54) is 10.9 Å². The van der Waals surface area contributed by atoms with E-state index in [1.807, 2.05) is 60.8 Å². The smallest absolute Gasteiger partial charge is 0.277 e. The number of nitrogen functional groups attached to an aromatic ring is 1. The number of aromatic nitrogens is 4. The number of fused-ring (bicyclic) bond motifs is 1. The molecule has 3 aromatic carbocycles. The average molecular weight is 422 g/mol. The predicted octanol–water partition coefficient (Wildman–Crippen LogP) is 4.50. The molecule has 5 rings (SSSR count). The highest BCUT2D eigenvalue weighted by Crippen LogP contribution is 2.27. The highest BCUT2D eigenvalue weighted by Gasteiger charge is 2.14. The predicted molar refractivity (Wildman–Crippen MR) is 126 cm³/mol. The summed E-state index contributed by atoms with van der Waals surface area (Å²) in [5, 5.41) is 12.2. The molecule has 0 fully saturated rings. The molecule has 0 unspecified atom stereocenters. The Morgan fingerprint density at radius 3 is 2.69 bits per heavy atom. The third-order valence-electron chi connectivity index (χ3n) is 5.47. The van der Waals surface area contributed by atoms with Gasteiger partial charge in [-0.1, -0.05) is 59.8 Å². The Labute approximate surface area is 184 Å². The van der Waals surface area contributed by atoms with Gasteiger partial charge < -0.3 is 16.0 Å². The largest absolute Gasteiger partial charge is 0.397 e. The van der Waals surface area contributed by atoms with Crippen LogP contribution in [0.1, 0.15) is 16.1 Å². The number of H-pyrrole nitrogens is 1. The van der Waals surface area contributed by atoms with E-state index in [9.17, 15) is 4.79 Å². The van der Waals surface area contributed by atoms with Gasteiger partial charge in [-0.25, -0.2) is 0 Å². The highest BCUT2D eigenvalue weighted by atomic mass is 16.2. The Kier molecular flexibility index (Phi) is 5.13. The summed E-state index contributed by atoms with van der Waals surface area (Å²) in [6, 6.07) is 23.7. The van der Waals surface area contributed by atoms with E-state index >= 15 is 0 Å². The lowest BCUT2D eigenvalue weighted by Gasteiger charge is -2.09. The number of anilines is 2. The maximum atomic E-state index is 12.7. The number of benzene rings is 3. The summed E-state index contributed by atoms with van der Waals surface area (Å²) in [4.78, 5) is 16.0. The number of nitrogens with zero attached hydrogens (tertiary/aromatic N) is 3. The van der Waals surface area contributed by atoms with E-state index < -0.39 is 0 Å². The maximum absolute atomic E-state index is 12.7. The minimum Gasteiger partial charge on any atom is -0.397 e. The molecule has 0 saturated heterocycles. The fraction of sp³-hybridized carbons (Fsp3) is 0.0800. The normalized spacial score (nSPS) is 11.0. The first-order valence-corrected chi connectivity index (χ1v) is 10.4. The first-order valence-electron chi connectivity index (χ1n) is 10.4. The van der Waals surface area contributed by atoms with E-state index in [-0.39, 0.29) is 11.6 Å². The zero-order valence-electron chi connectivity index (χ0n) is 17.3. The van der Waals surface area contributed by atoms with Crippen molar-refractivity contribution >= 4 is 28.2 Å². The van der Waals surface area contributed by atoms with Gasteiger partial charge in [0.2, 0.25) is 0 Å². The van der Waals surface area contributed by atoms with Crippen molar-refractivity contribution in [3.05, 3.63) is 96.4 Å². The van der Waals surface area contributed by atoms with Crippen LogP contribution >= 0.6 is 0 Å². The number of aryl methyl sites for hydroxylation is 2. The molecular weight excluding hydrogens is 400 g/mol. The number of aromatic amines is 1. The van der Waals surface area contributed by atoms with Crippen LogP contribution in [-0.4, -0.2) is 25.9 Å². The number of rotatable bonds is 6. The number of nitrogens with two attached hydrogens (primary N) is 1. The van der Waals surface area contributed by atoms with Crippen molar-refractivity contribution in [2.45, 2.75) is 13.0 Å². The topological polar surface area (TPSA) is 102 Å². The van der Waals surface area contributed by atoms with E-state index in [0.717, 1.165) is 23.1 Å². The lowest BCUT2D eigenvalue weighted by atomic mass is 10.0. The molecule has 0 radical (unpaired) electrons. The zero-order chi connectivity index (χ0) is 21.9. The lowest BCUT2D eigenvalue weighted by molar-refractivity contribution is 0.102. The number of carbonyl (C=O) groups excluding carboxylic acids is 1. The third kappa shape index (κ3) is 3.96. The Hall–Kier alpha value is -4.39. The van der Waals surface area contributed by atoms with E-state index in [0.29, 0.717) is 17.9 Å². The van der Waals surface area contributed by atoms with Crippen LogP contribution in [0, 0.1) is 0 Å². The number of hydrogen-bond donors (Lipinski definition) is 3. The Balaban J connectivity index is 1.28. The number of carbonyl (C=O) groups is 1. The summed E-state index contributed by atoms with van der Waals surface area (Å²) in [6.45, 7) is 0.619. The first kappa shape index (κ1) is 19.6. The molecule has 158 valence electrons. The molecule has 2 heterocycles. The monoisotopic (exact) mass is 422 g/mol. The Bertz CT molecular complexity index is 1390. The van der Waals surface area contributed by atoms with Crippen LogP contribution in [0.4, 0.5) is 11.4 Å². The molecule has 4 N–H and O–H groups in total. The van der Waals surface area contributed by atoms with Gasteiger partial charge in [-0.05, 0) is 41.3 Å². The molecule has 1 amide bonds. The summed E-state index contributed by atoms with van der Waals surface area (Å²) in [7, 11) is 0. The van der Waals surface area contributed by atoms with Gasteiger partial charge >= 0.3 is 0 Å². The van der Waals surface area contributed by atoms with Crippen molar-refractivity contribution in [3.63, 3.8) is 0 Å². The summed E-state index contributed by atoms with van der Waals surface area (Å²) in [6.07, 6.45) is 4.44. The Morgan fingerprint density at radius 2 is 1.81 bits per heavy atom. The first-order chi connectivity index (χ1) is 15.7. The van der Waals surface area contributed by atoms with Gasteiger partial charge in [0.1, 0.15) is 0 Å². The molecule has 0 aliphatic carbocycles. The molecule has 7 nitrogen and oxygen atoms in total. The molecule has 0 aliphatic rings. The molecular formula is C25H22N6O. The van der Waals surface area contributed by atoms with Crippen molar-refractivity contribution in [2.75, 3.05) is 11.1 Å². The van der Waals surface area contributed by atoms with Crippen LogP contribution in [0.5, 0.6) is 0 Å². The highest BCUT2D eigenvalue weighted by molar-refractivity contribution is 6.04. The average Bonchev–Trinajstić information content (AvgIpc) is 3.47. The van der Waals surface area contributed by atoms with Crippen LogP contribution < -0.4 is 11.1 Å². The number of amides is 1. The zero-order valence-corrected chi connectivity index (χ0v) is 17.3. The molecule has 0 aliphatic heterocycles. The van der Waals surface area contributed by atoms with Crippen molar-refractivity contribution < 1.29 is 4.79 Å². The quantitative estimate of drug-likeness (QED) is 0.351. The summed E-state index contributed by atoms with van der Waals surface area (Å²) < 4.78 is 1.68. The van der Waals surface area contributed by atoms with Crippen LogP contribution in [0.3, 0.4) is 0 Å². The van der Waals surface area contributed by atoms with Gasteiger partial charge in [0.25, 0.3) is 5.91 Å². The lowest BCUT2D eigenvalue weighted by Crippen LogP contribution is -2.14. The second kappa shape index (κ2) is 8.39. The molecule has 5 aromatic rings. The SMILES string of the molecule is Nc1ccc(-c2ccccc2)cc1NC(=O)c1cn(CCc2c[nH]c3ccccc23)nn1. The minimum atomic E-state index is -0.347. The molecule has 0 spiro atoms. The number of para-hydroxylation sites is 1. The summed E-state index contributed by atoms with van der Waals surface area (Å²) >= 11 is 0. The van der Waals surface area contributed by atoms with Crippen molar-refractivity contribution in [2.24, 2.45) is 0 Å². The second-order valence-electron chi connectivity index (χ2n) is 7.60.